The lowest BCUT2D eigenvalue weighted by Crippen LogP contribution is -2.32. The van der Waals surface area contributed by atoms with Gasteiger partial charge >= 0.3 is 0 Å². The summed E-state index contributed by atoms with van der Waals surface area (Å²) in [6.45, 7) is 0. The van der Waals surface area contributed by atoms with Crippen LogP contribution >= 0.6 is 0 Å². The fraction of sp³-hybridized carbons (Fsp3) is 0.120. The molecule has 3 aromatic heterocycles. The Bertz CT molecular complexity index is 1520. The molecule has 5 rings (SSSR count). The van der Waals surface area contributed by atoms with E-state index in [0.717, 1.165) is 0 Å². The Hall–Kier alpha value is -4.48. The number of nitrogens with zero attached hydrogens (tertiary/aromatic N) is 3. The highest BCUT2D eigenvalue weighted by Gasteiger charge is 2.37. The number of aromatic nitrogens is 3. The van der Waals surface area contributed by atoms with Gasteiger partial charge in [-0.15, -0.1) is 0 Å². The second-order valence-corrected chi connectivity index (χ2v) is 7.75. The highest BCUT2D eigenvalue weighted by atomic mass is 16.5. The van der Waals surface area contributed by atoms with Crippen molar-refractivity contribution in [3.63, 3.8) is 0 Å². The van der Waals surface area contributed by atoms with Crippen LogP contribution in [0.4, 0.5) is 0 Å². The SMILES string of the molecule is O=C(NC1CC1O)c1cn(-c2cccc(C#Cc3ccc[n+]([O-])c3)c2)c2ncccc2c1=O. The molecule has 8 heteroatoms. The number of hydrogen-bond acceptors (Lipinski definition) is 5. The number of amides is 1. The van der Waals surface area contributed by atoms with Gasteiger partial charge in [-0.3, -0.25) is 9.59 Å². The fourth-order valence-electron chi connectivity index (χ4n) is 3.51. The van der Waals surface area contributed by atoms with E-state index in [1.165, 1.54) is 18.6 Å². The van der Waals surface area contributed by atoms with Crippen LogP contribution in [0.3, 0.4) is 0 Å². The number of rotatable bonds is 3. The average Bonchev–Trinajstić information content (AvgIpc) is 3.52. The summed E-state index contributed by atoms with van der Waals surface area (Å²) in [5, 5.41) is 24.0. The van der Waals surface area contributed by atoms with E-state index in [4.69, 9.17) is 0 Å². The van der Waals surface area contributed by atoms with Crippen LogP contribution in [0.25, 0.3) is 16.7 Å². The monoisotopic (exact) mass is 438 g/mol. The molecule has 1 aromatic carbocycles. The van der Waals surface area contributed by atoms with Crippen molar-refractivity contribution in [2.45, 2.75) is 18.6 Å². The Morgan fingerprint density at radius 1 is 1.18 bits per heavy atom. The summed E-state index contributed by atoms with van der Waals surface area (Å²) in [6, 6.07) is 13.6. The molecule has 0 spiro atoms. The predicted octanol–water partition coefficient (Wildman–Crippen LogP) is 1.28. The molecule has 1 fully saturated rings. The molecule has 8 nitrogen and oxygen atoms in total. The van der Waals surface area contributed by atoms with Crippen LogP contribution in [0.2, 0.25) is 0 Å². The predicted molar refractivity (Wildman–Crippen MR) is 121 cm³/mol. The Morgan fingerprint density at radius 2 is 1.97 bits per heavy atom. The van der Waals surface area contributed by atoms with Crippen molar-refractivity contribution in [2.75, 3.05) is 0 Å². The molecule has 1 amide bonds. The van der Waals surface area contributed by atoms with Crippen molar-refractivity contribution in [1.82, 2.24) is 14.9 Å². The molecule has 2 unspecified atom stereocenters. The molecule has 2 N–H and O–H groups in total. The number of carbonyl (C=O) groups is 1. The van der Waals surface area contributed by atoms with Crippen LogP contribution in [-0.2, 0) is 0 Å². The van der Waals surface area contributed by atoms with Gasteiger partial charge in [0.2, 0.25) is 5.43 Å². The number of benzene rings is 1. The van der Waals surface area contributed by atoms with E-state index in [0.29, 0.717) is 39.0 Å². The minimum atomic E-state index is -0.575. The first-order valence-electron chi connectivity index (χ1n) is 10.3. The summed E-state index contributed by atoms with van der Waals surface area (Å²) in [6.07, 6.45) is 5.72. The van der Waals surface area contributed by atoms with E-state index < -0.39 is 17.4 Å². The van der Waals surface area contributed by atoms with Crippen LogP contribution in [0, 0.1) is 17.0 Å². The maximum atomic E-state index is 13.0. The number of aliphatic hydroxyl groups excluding tert-OH is 1. The molecule has 0 saturated heterocycles. The molecule has 1 aliphatic carbocycles. The minimum Gasteiger partial charge on any atom is -0.619 e. The van der Waals surface area contributed by atoms with Gasteiger partial charge in [0.25, 0.3) is 5.91 Å². The summed E-state index contributed by atoms with van der Waals surface area (Å²) in [5.74, 6) is 5.45. The van der Waals surface area contributed by atoms with Crippen LogP contribution in [0.15, 0.2) is 78.1 Å². The third kappa shape index (κ3) is 4.18. The van der Waals surface area contributed by atoms with Gasteiger partial charge in [-0.2, -0.15) is 4.73 Å². The Labute approximate surface area is 188 Å². The summed E-state index contributed by atoms with van der Waals surface area (Å²) >= 11 is 0. The molecule has 0 bridgehead atoms. The first-order valence-corrected chi connectivity index (χ1v) is 10.3. The quantitative estimate of drug-likeness (QED) is 0.284. The number of nitrogens with one attached hydrogen (secondary N) is 1. The van der Waals surface area contributed by atoms with Crippen molar-refractivity contribution in [3.05, 3.63) is 105 Å². The second-order valence-electron chi connectivity index (χ2n) is 7.75. The number of aliphatic hydroxyl groups is 1. The normalized spacial score (nSPS) is 16.6. The largest absolute Gasteiger partial charge is 0.619 e. The molecule has 2 atom stereocenters. The van der Waals surface area contributed by atoms with E-state index in [-0.39, 0.29) is 11.6 Å². The lowest BCUT2D eigenvalue weighted by Gasteiger charge is -2.13. The molecular formula is C25H18N4O4. The van der Waals surface area contributed by atoms with Gasteiger partial charge in [0, 0.05) is 29.7 Å². The maximum absolute atomic E-state index is 13.0. The highest BCUT2D eigenvalue weighted by molar-refractivity contribution is 5.97. The fourth-order valence-corrected chi connectivity index (χ4v) is 3.51. The molecule has 33 heavy (non-hydrogen) atoms. The van der Waals surface area contributed by atoms with Gasteiger partial charge in [0.1, 0.15) is 11.2 Å². The summed E-state index contributed by atoms with van der Waals surface area (Å²) in [5.41, 5.74) is 1.88. The van der Waals surface area contributed by atoms with Crippen molar-refractivity contribution >= 4 is 16.9 Å². The van der Waals surface area contributed by atoms with E-state index in [1.54, 1.807) is 35.0 Å². The van der Waals surface area contributed by atoms with Gasteiger partial charge in [-0.1, -0.05) is 17.9 Å². The van der Waals surface area contributed by atoms with Crippen molar-refractivity contribution in [1.29, 1.82) is 0 Å². The molecular weight excluding hydrogens is 420 g/mol. The Balaban J connectivity index is 1.58. The lowest BCUT2D eigenvalue weighted by molar-refractivity contribution is -0.605. The second kappa shape index (κ2) is 8.22. The van der Waals surface area contributed by atoms with Crippen molar-refractivity contribution in [2.24, 2.45) is 0 Å². The molecule has 3 heterocycles. The number of pyridine rings is 3. The van der Waals surface area contributed by atoms with E-state index in [2.05, 4.69) is 22.1 Å². The first kappa shape index (κ1) is 20.4. The zero-order valence-corrected chi connectivity index (χ0v) is 17.3. The van der Waals surface area contributed by atoms with E-state index >= 15 is 0 Å². The molecule has 1 saturated carbocycles. The van der Waals surface area contributed by atoms with Crippen molar-refractivity contribution < 1.29 is 14.6 Å². The lowest BCUT2D eigenvalue weighted by atomic mass is 10.1. The van der Waals surface area contributed by atoms with Crippen LogP contribution in [0.1, 0.15) is 27.9 Å². The van der Waals surface area contributed by atoms with E-state index in [1.807, 2.05) is 24.3 Å². The smallest absolute Gasteiger partial charge is 0.257 e. The maximum Gasteiger partial charge on any atom is 0.257 e. The third-order valence-corrected chi connectivity index (χ3v) is 5.33. The summed E-state index contributed by atoms with van der Waals surface area (Å²) in [7, 11) is 0. The highest BCUT2D eigenvalue weighted by Crippen LogP contribution is 2.21. The van der Waals surface area contributed by atoms with Crippen LogP contribution in [-0.4, -0.2) is 32.7 Å². The van der Waals surface area contributed by atoms with Crippen molar-refractivity contribution in [3.8, 4) is 17.5 Å². The molecule has 4 aromatic rings. The first-order chi connectivity index (χ1) is 16.0. The summed E-state index contributed by atoms with van der Waals surface area (Å²) in [4.78, 5) is 30.1. The van der Waals surface area contributed by atoms with Gasteiger partial charge in [0.15, 0.2) is 12.4 Å². The van der Waals surface area contributed by atoms with Gasteiger partial charge in [-0.25, -0.2) is 4.98 Å². The molecule has 0 aliphatic heterocycles. The van der Waals surface area contributed by atoms with E-state index in [9.17, 15) is 19.9 Å². The topological polar surface area (TPSA) is 111 Å². The number of carbonyl (C=O) groups excluding carboxylic acids is 1. The van der Waals surface area contributed by atoms with Crippen LogP contribution < -0.4 is 15.5 Å². The summed E-state index contributed by atoms with van der Waals surface area (Å²) < 4.78 is 2.36. The van der Waals surface area contributed by atoms with Gasteiger partial charge < -0.3 is 20.2 Å². The van der Waals surface area contributed by atoms with Gasteiger partial charge in [0.05, 0.1) is 23.1 Å². The third-order valence-electron chi connectivity index (χ3n) is 5.33. The Kier molecular flexibility index (Phi) is 5.09. The zero-order chi connectivity index (χ0) is 22.9. The molecule has 1 aliphatic rings. The zero-order valence-electron chi connectivity index (χ0n) is 17.3. The standard InChI is InChI=1S/C25H18N4O4/c30-22-13-21(22)27-25(32)20-15-29(24-19(23(20)31)7-2-10-26-24)18-6-1-4-16(12-18)8-9-17-5-3-11-28(33)14-17/h1-7,10-12,14-15,21-22,30H,13H2,(H,27,32). The minimum absolute atomic E-state index is 0.0321. The molecule has 162 valence electrons. The molecule has 0 radical (unpaired) electrons. The number of fused-ring (bicyclic) bond motifs is 1. The van der Waals surface area contributed by atoms with Crippen LogP contribution in [0.5, 0.6) is 0 Å². The van der Waals surface area contributed by atoms with Gasteiger partial charge in [-0.05, 0) is 42.8 Å². The average molecular weight is 438 g/mol. The number of hydrogen-bond donors (Lipinski definition) is 2. The Morgan fingerprint density at radius 3 is 2.76 bits per heavy atom.